The highest BCUT2D eigenvalue weighted by Crippen LogP contribution is 2.31. The molecule has 2 aromatic rings. The van der Waals surface area contributed by atoms with Gasteiger partial charge in [-0.15, -0.1) is 0 Å². The molecule has 0 spiro atoms. The van der Waals surface area contributed by atoms with E-state index in [2.05, 4.69) is 0 Å². The molecule has 3 nitrogen and oxygen atoms in total. The number of hydrogen-bond acceptors (Lipinski definition) is 2. The lowest BCUT2D eigenvalue weighted by Crippen LogP contribution is -1.98. The third kappa shape index (κ3) is 2.73. The molecule has 1 N–H and O–H groups in total. The van der Waals surface area contributed by atoms with Crippen LogP contribution in [0.15, 0.2) is 36.4 Å². The van der Waals surface area contributed by atoms with E-state index in [9.17, 15) is 9.18 Å². The second-order valence-corrected chi connectivity index (χ2v) is 4.24. The molecular weight excluding hydrogens is 247 g/mol. The lowest BCUT2D eigenvalue weighted by Gasteiger charge is -2.10. The minimum atomic E-state index is -1.01. The van der Waals surface area contributed by atoms with Crippen LogP contribution in [0.2, 0.25) is 0 Å². The predicted octanol–water partition coefficient (Wildman–Crippen LogP) is 3.51. The van der Waals surface area contributed by atoms with Gasteiger partial charge in [-0.2, -0.15) is 0 Å². The van der Waals surface area contributed by atoms with Crippen molar-refractivity contribution in [3.63, 3.8) is 0 Å². The second kappa shape index (κ2) is 5.10. The van der Waals surface area contributed by atoms with E-state index in [1.165, 1.54) is 31.4 Å². The Hall–Kier alpha value is -2.36. The standard InChI is InChI=1S/C15H13FO3/c1-9-5-10(7-11(6-9)15(17)18)13-8-12(16)3-4-14(13)19-2/h3-8H,1-2H3,(H,17,18). The monoisotopic (exact) mass is 260 g/mol. The summed E-state index contributed by atoms with van der Waals surface area (Å²) in [5.74, 6) is -0.905. The molecule has 0 aliphatic carbocycles. The Labute approximate surface area is 110 Å². The van der Waals surface area contributed by atoms with Crippen LogP contribution in [0.1, 0.15) is 15.9 Å². The van der Waals surface area contributed by atoms with Gasteiger partial charge < -0.3 is 9.84 Å². The highest BCUT2D eigenvalue weighted by Gasteiger charge is 2.11. The Morgan fingerprint density at radius 3 is 2.58 bits per heavy atom. The molecular formula is C15H13FO3. The summed E-state index contributed by atoms with van der Waals surface area (Å²) in [6.07, 6.45) is 0. The second-order valence-electron chi connectivity index (χ2n) is 4.24. The van der Waals surface area contributed by atoms with Gasteiger partial charge in [-0.25, -0.2) is 9.18 Å². The van der Waals surface area contributed by atoms with E-state index in [1.807, 2.05) is 0 Å². The summed E-state index contributed by atoms with van der Waals surface area (Å²) >= 11 is 0. The Morgan fingerprint density at radius 2 is 1.95 bits per heavy atom. The molecule has 0 bridgehead atoms. The van der Waals surface area contributed by atoms with E-state index in [-0.39, 0.29) is 5.56 Å². The van der Waals surface area contributed by atoms with Gasteiger partial charge in [0.05, 0.1) is 12.7 Å². The van der Waals surface area contributed by atoms with Gasteiger partial charge in [-0.1, -0.05) is 6.07 Å². The molecule has 98 valence electrons. The van der Waals surface area contributed by atoms with Crippen LogP contribution in [0.3, 0.4) is 0 Å². The van der Waals surface area contributed by atoms with Crippen LogP contribution in [0.25, 0.3) is 11.1 Å². The molecule has 0 aliphatic heterocycles. The van der Waals surface area contributed by atoms with Crippen molar-refractivity contribution in [2.24, 2.45) is 0 Å². The van der Waals surface area contributed by atoms with Crippen LogP contribution < -0.4 is 4.74 Å². The zero-order chi connectivity index (χ0) is 14.0. The molecule has 0 heterocycles. The van der Waals surface area contributed by atoms with Crippen LogP contribution in [-0.4, -0.2) is 18.2 Å². The molecule has 19 heavy (non-hydrogen) atoms. The topological polar surface area (TPSA) is 46.5 Å². The van der Waals surface area contributed by atoms with Crippen molar-refractivity contribution in [1.29, 1.82) is 0 Å². The minimum Gasteiger partial charge on any atom is -0.496 e. The number of aromatic carboxylic acids is 1. The van der Waals surface area contributed by atoms with Crippen molar-refractivity contribution in [1.82, 2.24) is 0 Å². The summed E-state index contributed by atoms with van der Waals surface area (Å²) in [6.45, 7) is 1.79. The molecule has 0 amide bonds. The van der Waals surface area contributed by atoms with E-state index < -0.39 is 11.8 Å². The summed E-state index contributed by atoms with van der Waals surface area (Å²) in [6, 6.07) is 9.02. The summed E-state index contributed by atoms with van der Waals surface area (Å²) in [5.41, 5.74) is 2.12. The van der Waals surface area contributed by atoms with Gasteiger partial charge in [0.15, 0.2) is 0 Å². The lowest BCUT2D eigenvalue weighted by atomic mass is 9.99. The average Bonchev–Trinajstić information content (AvgIpc) is 2.37. The van der Waals surface area contributed by atoms with Gasteiger partial charge in [0.2, 0.25) is 0 Å². The molecule has 2 rings (SSSR count). The van der Waals surface area contributed by atoms with Crippen LogP contribution in [0, 0.1) is 12.7 Å². The van der Waals surface area contributed by atoms with E-state index >= 15 is 0 Å². The smallest absolute Gasteiger partial charge is 0.335 e. The largest absolute Gasteiger partial charge is 0.496 e. The fraction of sp³-hybridized carbons (Fsp3) is 0.133. The number of carbonyl (C=O) groups is 1. The molecule has 0 unspecified atom stereocenters. The van der Waals surface area contributed by atoms with Crippen LogP contribution in [0.5, 0.6) is 5.75 Å². The fourth-order valence-corrected chi connectivity index (χ4v) is 1.97. The molecule has 0 saturated heterocycles. The average molecular weight is 260 g/mol. The number of aryl methyl sites for hydroxylation is 1. The Balaban J connectivity index is 2.64. The summed E-state index contributed by atoms with van der Waals surface area (Å²) in [5, 5.41) is 9.06. The van der Waals surface area contributed by atoms with Crippen molar-refractivity contribution in [2.75, 3.05) is 7.11 Å². The maximum Gasteiger partial charge on any atom is 0.335 e. The third-order valence-corrected chi connectivity index (χ3v) is 2.80. The number of rotatable bonds is 3. The number of carboxylic acid groups (broad SMARTS) is 1. The number of hydrogen-bond donors (Lipinski definition) is 1. The van der Waals surface area contributed by atoms with Crippen molar-refractivity contribution in [3.05, 3.63) is 53.3 Å². The molecule has 0 aliphatic rings. The van der Waals surface area contributed by atoms with Crippen molar-refractivity contribution in [2.45, 2.75) is 6.92 Å². The highest BCUT2D eigenvalue weighted by molar-refractivity contribution is 5.90. The van der Waals surface area contributed by atoms with Crippen molar-refractivity contribution in [3.8, 4) is 16.9 Å². The summed E-state index contributed by atoms with van der Waals surface area (Å²) < 4.78 is 18.5. The number of ether oxygens (including phenoxy) is 1. The first-order chi connectivity index (χ1) is 9.01. The van der Waals surface area contributed by atoms with Gasteiger partial charge in [0.1, 0.15) is 11.6 Å². The third-order valence-electron chi connectivity index (χ3n) is 2.80. The minimum absolute atomic E-state index is 0.168. The molecule has 0 radical (unpaired) electrons. The maximum atomic E-state index is 13.4. The maximum absolute atomic E-state index is 13.4. The summed E-state index contributed by atoms with van der Waals surface area (Å²) in [7, 11) is 1.49. The number of benzene rings is 2. The van der Waals surface area contributed by atoms with Crippen molar-refractivity contribution < 1.29 is 19.0 Å². The highest BCUT2D eigenvalue weighted by atomic mass is 19.1. The van der Waals surface area contributed by atoms with Crippen LogP contribution >= 0.6 is 0 Å². The normalized spacial score (nSPS) is 10.3. The number of carboxylic acids is 1. The Bertz CT molecular complexity index is 635. The number of halogens is 1. The molecule has 0 aromatic heterocycles. The Kier molecular flexibility index (Phi) is 3.51. The van der Waals surface area contributed by atoms with Gasteiger partial charge in [0, 0.05) is 5.56 Å². The van der Waals surface area contributed by atoms with E-state index in [1.54, 1.807) is 19.1 Å². The lowest BCUT2D eigenvalue weighted by molar-refractivity contribution is 0.0697. The van der Waals surface area contributed by atoms with Crippen LogP contribution in [0.4, 0.5) is 4.39 Å². The summed E-state index contributed by atoms with van der Waals surface area (Å²) in [4.78, 5) is 11.1. The molecule has 0 atom stereocenters. The first-order valence-electron chi connectivity index (χ1n) is 5.70. The first kappa shape index (κ1) is 13.1. The Morgan fingerprint density at radius 1 is 1.21 bits per heavy atom. The van der Waals surface area contributed by atoms with Gasteiger partial charge in [-0.05, 0) is 48.4 Å². The van der Waals surface area contributed by atoms with E-state index in [0.29, 0.717) is 16.9 Å². The van der Waals surface area contributed by atoms with Gasteiger partial charge in [-0.3, -0.25) is 0 Å². The molecule has 0 saturated carbocycles. The molecule has 2 aromatic carbocycles. The quantitative estimate of drug-likeness (QED) is 0.918. The zero-order valence-electron chi connectivity index (χ0n) is 10.6. The van der Waals surface area contributed by atoms with E-state index in [0.717, 1.165) is 5.56 Å². The number of methoxy groups -OCH3 is 1. The predicted molar refractivity (Wildman–Crippen MR) is 70.1 cm³/mol. The fourth-order valence-electron chi connectivity index (χ4n) is 1.97. The first-order valence-corrected chi connectivity index (χ1v) is 5.70. The van der Waals surface area contributed by atoms with Crippen molar-refractivity contribution >= 4 is 5.97 Å². The van der Waals surface area contributed by atoms with E-state index in [4.69, 9.17) is 9.84 Å². The van der Waals surface area contributed by atoms with Gasteiger partial charge in [0.25, 0.3) is 0 Å². The zero-order valence-corrected chi connectivity index (χ0v) is 10.6. The van der Waals surface area contributed by atoms with Gasteiger partial charge >= 0.3 is 5.97 Å². The SMILES string of the molecule is COc1ccc(F)cc1-c1cc(C)cc(C(=O)O)c1. The molecule has 0 fully saturated rings. The van der Waals surface area contributed by atoms with Crippen LogP contribution in [-0.2, 0) is 0 Å². The molecule has 4 heteroatoms.